The highest BCUT2D eigenvalue weighted by molar-refractivity contribution is 4.65. The van der Waals surface area contributed by atoms with Crippen molar-refractivity contribution in [1.82, 2.24) is 0 Å². The second-order valence-electron chi connectivity index (χ2n) is 4.72. The lowest BCUT2D eigenvalue weighted by atomic mass is 10.0. The van der Waals surface area contributed by atoms with Crippen LogP contribution in [0.3, 0.4) is 0 Å². The topological polar surface area (TPSA) is 0 Å². The summed E-state index contributed by atoms with van der Waals surface area (Å²) in [6.45, 7) is 2.02. The van der Waals surface area contributed by atoms with E-state index in [1.54, 1.807) is 0 Å². The van der Waals surface area contributed by atoms with E-state index in [2.05, 4.69) is 6.58 Å². The van der Waals surface area contributed by atoms with Gasteiger partial charge < -0.3 is 0 Å². The van der Waals surface area contributed by atoms with Crippen molar-refractivity contribution in [3.05, 3.63) is 12.7 Å². The van der Waals surface area contributed by atoms with Crippen LogP contribution < -0.4 is 0 Å². The lowest BCUT2D eigenvalue weighted by Crippen LogP contribution is -1.82. The zero-order valence-corrected chi connectivity index (χ0v) is 11.0. The van der Waals surface area contributed by atoms with Gasteiger partial charge in [0.2, 0.25) is 0 Å². The molecule has 0 aromatic carbocycles. The minimum Gasteiger partial charge on any atom is -0.103 e. The van der Waals surface area contributed by atoms with Crippen LogP contribution in [0.25, 0.3) is 0 Å². The molecule has 0 amide bonds. The van der Waals surface area contributed by atoms with E-state index in [0.29, 0.717) is 6.42 Å². The molecular weight excluding hydrogens is 192 g/mol. The first kappa shape index (κ1) is 10.9. The molecule has 0 N–H and O–H groups in total. The van der Waals surface area contributed by atoms with Gasteiger partial charge in [0, 0.05) is 4.11 Å². The van der Waals surface area contributed by atoms with E-state index in [1.165, 1.54) is 57.8 Å². The molecule has 0 aliphatic rings. The zero-order chi connectivity index (χ0) is 14.4. The highest BCUT2D eigenvalue weighted by Gasteiger charge is 1.92. The molecule has 16 heavy (non-hydrogen) atoms. The Kier molecular flexibility index (Phi) is 10.0. The monoisotopic (exact) mass is 227 g/mol. The summed E-state index contributed by atoms with van der Waals surface area (Å²) < 4.78 is 21.3. The van der Waals surface area contributed by atoms with Crippen molar-refractivity contribution in [2.45, 2.75) is 90.3 Å². The van der Waals surface area contributed by atoms with Crippen LogP contribution in [-0.4, -0.2) is 0 Å². The standard InChI is InChI=1S/C16H32/c1-3-5-7-9-11-13-15-16-14-12-10-8-6-4-2/h3H,1,4-16H2,2H3/i2D3. The van der Waals surface area contributed by atoms with Crippen molar-refractivity contribution < 1.29 is 4.11 Å². The summed E-state index contributed by atoms with van der Waals surface area (Å²) in [7, 11) is 0. The summed E-state index contributed by atoms with van der Waals surface area (Å²) in [5, 5.41) is 0. The predicted molar refractivity (Wildman–Crippen MR) is 75.9 cm³/mol. The van der Waals surface area contributed by atoms with Gasteiger partial charge in [-0.2, -0.15) is 0 Å². The van der Waals surface area contributed by atoms with Crippen LogP contribution in [0.2, 0.25) is 0 Å². The first-order valence-corrected chi connectivity index (χ1v) is 7.17. The fourth-order valence-corrected chi connectivity index (χ4v) is 2.00. The third-order valence-electron chi connectivity index (χ3n) is 3.09. The van der Waals surface area contributed by atoms with E-state index in [4.69, 9.17) is 4.11 Å². The highest BCUT2D eigenvalue weighted by Crippen LogP contribution is 2.12. The maximum atomic E-state index is 7.11. The van der Waals surface area contributed by atoms with Crippen LogP contribution in [0.15, 0.2) is 12.7 Å². The van der Waals surface area contributed by atoms with Gasteiger partial charge in [0.05, 0.1) is 0 Å². The second-order valence-corrected chi connectivity index (χ2v) is 4.72. The molecule has 96 valence electrons. The van der Waals surface area contributed by atoms with Crippen LogP contribution in [-0.2, 0) is 0 Å². The van der Waals surface area contributed by atoms with Gasteiger partial charge in [0.25, 0.3) is 0 Å². The molecule has 0 radical (unpaired) electrons. The molecule has 0 atom stereocenters. The van der Waals surface area contributed by atoms with E-state index in [9.17, 15) is 0 Å². The quantitative estimate of drug-likeness (QED) is 0.257. The molecule has 0 aliphatic heterocycles. The summed E-state index contributed by atoms with van der Waals surface area (Å²) in [6, 6.07) is 0. The molecule has 0 aromatic heterocycles. The van der Waals surface area contributed by atoms with Crippen LogP contribution >= 0.6 is 0 Å². The average molecular weight is 227 g/mol. The minimum atomic E-state index is -1.72. The number of hydrogen-bond acceptors (Lipinski definition) is 0. The Hall–Kier alpha value is -0.260. The van der Waals surface area contributed by atoms with Gasteiger partial charge in [0.1, 0.15) is 0 Å². The molecule has 0 saturated carbocycles. The molecule has 0 saturated heterocycles. The Morgan fingerprint density at radius 3 is 1.62 bits per heavy atom. The third-order valence-corrected chi connectivity index (χ3v) is 3.09. The molecule has 0 heterocycles. The normalized spacial score (nSPS) is 14.1. The smallest absolute Gasteiger partial charge is 0.0230 e. The Balaban J connectivity index is 3.01. The summed E-state index contributed by atoms with van der Waals surface area (Å²) in [4.78, 5) is 0. The Morgan fingerprint density at radius 2 is 1.19 bits per heavy atom. The van der Waals surface area contributed by atoms with Gasteiger partial charge in [-0.3, -0.25) is 0 Å². The molecule has 0 aliphatic carbocycles. The summed E-state index contributed by atoms with van der Waals surface area (Å²) in [5.74, 6) is 0. The Labute approximate surface area is 108 Å². The summed E-state index contributed by atoms with van der Waals surface area (Å²) in [5.41, 5.74) is 0. The fourth-order valence-electron chi connectivity index (χ4n) is 2.00. The molecule has 0 unspecified atom stereocenters. The van der Waals surface area contributed by atoms with Crippen LogP contribution in [0.1, 0.15) is 94.4 Å². The Morgan fingerprint density at radius 1 is 0.750 bits per heavy atom. The fraction of sp³-hybridized carbons (Fsp3) is 0.875. The van der Waals surface area contributed by atoms with Gasteiger partial charge in [0.15, 0.2) is 0 Å². The number of unbranched alkanes of at least 4 members (excludes halogenated alkanes) is 11. The van der Waals surface area contributed by atoms with Gasteiger partial charge in [-0.25, -0.2) is 0 Å². The minimum absolute atomic E-state index is 0.387. The van der Waals surface area contributed by atoms with Crippen LogP contribution in [0, 0.1) is 0 Å². The highest BCUT2D eigenvalue weighted by atomic mass is 14.0. The maximum absolute atomic E-state index is 7.11. The van der Waals surface area contributed by atoms with Crippen LogP contribution in [0.4, 0.5) is 0 Å². The molecule has 0 bridgehead atoms. The third kappa shape index (κ3) is 13.7. The molecule has 0 rings (SSSR count). The Bertz CT molecular complexity index is 197. The summed E-state index contributed by atoms with van der Waals surface area (Å²) >= 11 is 0. The van der Waals surface area contributed by atoms with Crippen molar-refractivity contribution >= 4 is 0 Å². The number of hydrogen-bond donors (Lipinski definition) is 0. The SMILES string of the molecule is [2H]C([2H])([2H])CCCCCCCCCCCCCC=C. The van der Waals surface area contributed by atoms with Crippen molar-refractivity contribution in [2.24, 2.45) is 0 Å². The van der Waals surface area contributed by atoms with Crippen LogP contribution in [0.5, 0.6) is 0 Å². The van der Waals surface area contributed by atoms with Gasteiger partial charge in [-0.15, -0.1) is 6.58 Å². The summed E-state index contributed by atoms with van der Waals surface area (Å²) in [6.07, 6.45) is 17.4. The first-order valence-electron chi connectivity index (χ1n) is 8.67. The van der Waals surface area contributed by atoms with Gasteiger partial charge in [-0.1, -0.05) is 83.6 Å². The van der Waals surface area contributed by atoms with E-state index < -0.39 is 6.85 Å². The first-order chi connectivity index (χ1) is 9.06. The number of allylic oxidation sites excluding steroid dienone is 1. The van der Waals surface area contributed by atoms with E-state index in [0.717, 1.165) is 19.3 Å². The molecule has 0 spiro atoms. The van der Waals surface area contributed by atoms with E-state index in [1.807, 2.05) is 6.08 Å². The largest absolute Gasteiger partial charge is 0.103 e. The molecule has 0 heteroatoms. The average Bonchev–Trinajstić information content (AvgIpc) is 2.34. The lowest BCUT2D eigenvalue weighted by molar-refractivity contribution is 0.545. The zero-order valence-electron chi connectivity index (χ0n) is 14.0. The lowest BCUT2D eigenvalue weighted by Gasteiger charge is -2.02. The van der Waals surface area contributed by atoms with Crippen molar-refractivity contribution in [1.29, 1.82) is 0 Å². The predicted octanol–water partition coefficient (Wildman–Crippen LogP) is 6.26. The number of rotatable bonds is 13. The molecular formula is C16H32. The molecule has 0 fully saturated rings. The molecule has 0 nitrogen and oxygen atoms in total. The van der Waals surface area contributed by atoms with Gasteiger partial charge >= 0.3 is 0 Å². The van der Waals surface area contributed by atoms with E-state index in [-0.39, 0.29) is 0 Å². The van der Waals surface area contributed by atoms with E-state index >= 15 is 0 Å². The maximum Gasteiger partial charge on any atom is 0.0230 e. The van der Waals surface area contributed by atoms with Gasteiger partial charge in [-0.05, 0) is 12.8 Å². The van der Waals surface area contributed by atoms with Crippen molar-refractivity contribution in [2.75, 3.05) is 0 Å². The van der Waals surface area contributed by atoms with Crippen molar-refractivity contribution in [3.63, 3.8) is 0 Å². The molecule has 0 aromatic rings. The van der Waals surface area contributed by atoms with Crippen molar-refractivity contribution in [3.8, 4) is 0 Å². The second kappa shape index (κ2) is 14.7.